The Labute approximate surface area is 128 Å². The van der Waals surface area contributed by atoms with Crippen molar-refractivity contribution >= 4 is 17.2 Å². The number of nitrogens with zero attached hydrogens (tertiary/aromatic N) is 2. The average molecular weight is 301 g/mol. The molecule has 1 N–H and O–H groups in total. The molecule has 1 aliphatic rings. The summed E-state index contributed by atoms with van der Waals surface area (Å²) in [6.45, 7) is 6.55. The molecular formula is C16H19N3OS. The standard InChI is InChI=1S/C16H19N3OS/c1-11-10-21-15(18-11)13-4-3-5-14(8-13)16(20)19-7-6-17-9-12(19)2/h3-5,8,10,12,17H,6-7,9H2,1-2H3/t12-/m0/s1. The zero-order valence-electron chi connectivity index (χ0n) is 12.3. The molecule has 1 aliphatic heterocycles. The molecule has 0 spiro atoms. The molecule has 2 aromatic rings. The Morgan fingerprint density at radius 2 is 2.33 bits per heavy atom. The van der Waals surface area contributed by atoms with Gasteiger partial charge in [-0.25, -0.2) is 4.98 Å². The van der Waals surface area contributed by atoms with Crippen molar-refractivity contribution in [3.63, 3.8) is 0 Å². The summed E-state index contributed by atoms with van der Waals surface area (Å²) in [5.41, 5.74) is 2.78. The predicted octanol–water partition coefficient (Wildman–Crippen LogP) is 2.55. The summed E-state index contributed by atoms with van der Waals surface area (Å²) >= 11 is 1.61. The van der Waals surface area contributed by atoms with Gasteiger partial charge in [0.2, 0.25) is 0 Å². The maximum absolute atomic E-state index is 12.7. The van der Waals surface area contributed by atoms with E-state index >= 15 is 0 Å². The zero-order chi connectivity index (χ0) is 14.8. The Balaban J connectivity index is 1.87. The lowest BCUT2D eigenvalue weighted by molar-refractivity contribution is 0.0656. The van der Waals surface area contributed by atoms with Crippen LogP contribution in [0.1, 0.15) is 23.0 Å². The highest BCUT2D eigenvalue weighted by atomic mass is 32.1. The van der Waals surface area contributed by atoms with E-state index in [0.717, 1.165) is 41.5 Å². The number of hydrogen-bond donors (Lipinski definition) is 1. The number of rotatable bonds is 2. The first-order chi connectivity index (χ1) is 10.1. The van der Waals surface area contributed by atoms with Crippen LogP contribution in [-0.4, -0.2) is 41.5 Å². The van der Waals surface area contributed by atoms with Crippen molar-refractivity contribution in [1.82, 2.24) is 15.2 Å². The van der Waals surface area contributed by atoms with Crippen LogP contribution in [0.2, 0.25) is 0 Å². The number of thiazole rings is 1. The zero-order valence-corrected chi connectivity index (χ0v) is 13.1. The molecule has 1 fully saturated rings. The number of nitrogens with one attached hydrogen (secondary N) is 1. The van der Waals surface area contributed by atoms with Crippen LogP contribution in [0.25, 0.3) is 10.6 Å². The Morgan fingerprint density at radius 3 is 3.05 bits per heavy atom. The molecule has 1 amide bonds. The SMILES string of the molecule is Cc1csc(-c2cccc(C(=O)N3CCNC[C@@H]3C)c2)n1. The minimum absolute atomic E-state index is 0.110. The van der Waals surface area contributed by atoms with E-state index in [-0.39, 0.29) is 11.9 Å². The van der Waals surface area contributed by atoms with Crippen molar-refractivity contribution in [3.05, 3.63) is 40.9 Å². The van der Waals surface area contributed by atoms with E-state index in [1.54, 1.807) is 11.3 Å². The fourth-order valence-corrected chi connectivity index (χ4v) is 3.38. The minimum atomic E-state index is 0.110. The maximum atomic E-state index is 12.7. The second kappa shape index (κ2) is 5.95. The summed E-state index contributed by atoms with van der Waals surface area (Å²) in [5.74, 6) is 0.110. The number of hydrogen-bond acceptors (Lipinski definition) is 4. The van der Waals surface area contributed by atoms with E-state index in [2.05, 4.69) is 17.2 Å². The van der Waals surface area contributed by atoms with Gasteiger partial charge >= 0.3 is 0 Å². The van der Waals surface area contributed by atoms with Gasteiger partial charge in [0, 0.05) is 47.9 Å². The summed E-state index contributed by atoms with van der Waals surface area (Å²) in [6.07, 6.45) is 0. The summed E-state index contributed by atoms with van der Waals surface area (Å²) in [5, 5.41) is 6.31. The highest BCUT2D eigenvalue weighted by Gasteiger charge is 2.24. The van der Waals surface area contributed by atoms with Gasteiger partial charge in [-0.2, -0.15) is 0 Å². The molecule has 1 atom stereocenters. The van der Waals surface area contributed by atoms with Crippen LogP contribution in [0.15, 0.2) is 29.6 Å². The van der Waals surface area contributed by atoms with Gasteiger partial charge in [-0.05, 0) is 26.0 Å². The molecule has 2 heterocycles. The van der Waals surface area contributed by atoms with Crippen molar-refractivity contribution < 1.29 is 4.79 Å². The monoisotopic (exact) mass is 301 g/mol. The van der Waals surface area contributed by atoms with Crippen molar-refractivity contribution in [2.45, 2.75) is 19.9 Å². The molecular weight excluding hydrogens is 282 g/mol. The van der Waals surface area contributed by atoms with Gasteiger partial charge < -0.3 is 10.2 Å². The van der Waals surface area contributed by atoms with E-state index < -0.39 is 0 Å². The van der Waals surface area contributed by atoms with Gasteiger partial charge in [-0.1, -0.05) is 12.1 Å². The van der Waals surface area contributed by atoms with Gasteiger partial charge in [0.25, 0.3) is 5.91 Å². The van der Waals surface area contributed by atoms with Gasteiger partial charge in [0.1, 0.15) is 5.01 Å². The Bertz CT molecular complexity index is 652. The molecule has 0 unspecified atom stereocenters. The van der Waals surface area contributed by atoms with Crippen LogP contribution in [0.5, 0.6) is 0 Å². The highest BCUT2D eigenvalue weighted by molar-refractivity contribution is 7.13. The number of aryl methyl sites for hydroxylation is 1. The van der Waals surface area contributed by atoms with E-state index in [4.69, 9.17) is 0 Å². The first-order valence-corrected chi connectivity index (χ1v) is 8.07. The molecule has 0 aliphatic carbocycles. The summed E-state index contributed by atoms with van der Waals surface area (Å²) < 4.78 is 0. The normalized spacial score (nSPS) is 18.8. The van der Waals surface area contributed by atoms with Crippen LogP contribution in [0.3, 0.4) is 0 Å². The molecule has 1 saturated heterocycles. The van der Waals surface area contributed by atoms with E-state index in [1.165, 1.54) is 0 Å². The number of amides is 1. The molecule has 0 bridgehead atoms. The van der Waals surface area contributed by atoms with Crippen LogP contribution in [-0.2, 0) is 0 Å². The molecule has 1 aromatic heterocycles. The molecule has 5 heteroatoms. The summed E-state index contributed by atoms with van der Waals surface area (Å²) in [4.78, 5) is 19.1. The van der Waals surface area contributed by atoms with Crippen LogP contribution in [0.4, 0.5) is 0 Å². The number of piperazine rings is 1. The van der Waals surface area contributed by atoms with E-state index in [9.17, 15) is 4.79 Å². The van der Waals surface area contributed by atoms with Crippen LogP contribution >= 0.6 is 11.3 Å². The van der Waals surface area contributed by atoms with E-state index in [1.807, 2.05) is 41.5 Å². The molecule has 4 nitrogen and oxygen atoms in total. The largest absolute Gasteiger partial charge is 0.333 e. The topological polar surface area (TPSA) is 45.2 Å². The highest BCUT2D eigenvalue weighted by Crippen LogP contribution is 2.25. The number of carbonyl (C=O) groups excluding carboxylic acids is 1. The van der Waals surface area contributed by atoms with Gasteiger partial charge in [-0.15, -0.1) is 11.3 Å². The Hall–Kier alpha value is -1.72. The fraction of sp³-hybridized carbons (Fsp3) is 0.375. The maximum Gasteiger partial charge on any atom is 0.254 e. The quantitative estimate of drug-likeness (QED) is 0.927. The smallest absolute Gasteiger partial charge is 0.254 e. The molecule has 1 aromatic carbocycles. The lowest BCUT2D eigenvalue weighted by Crippen LogP contribution is -2.52. The van der Waals surface area contributed by atoms with Crippen molar-refractivity contribution in [1.29, 1.82) is 0 Å². The van der Waals surface area contributed by atoms with Crippen LogP contribution in [0, 0.1) is 6.92 Å². The third kappa shape index (κ3) is 2.99. The molecule has 3 rings (SSSR count). The van der Waals surface area contributed by atoms with Crippen molar-refractivity contribution in [2.75, 3.05) is 19.6 Å². The lowest BCUT2D eigenvalue weighted by atomic mass is 10.1. The second-order valence-electron chi connectivity index (χ2n) is 5.43. The summed E-state index contributed by atoms with van der Waals surface area (Å²) in [7, 11) is 0. The van der Waals surface area contributed by atoms with E-state index in [0.29, 0.717) is 0 Å². The first-order valence-electron chi connectivity index (χ1n) is 7.19. The first kappa shape index (κ1) is 14.2. The molecule has 110 valence electrons. The molecule has 0 saturated carbocycles. The van der Waals surface area contributed by atoms with Gasteiger partial charge in [0.15, 0.2) is 0 Å². The number of aromatic nitrogens is 1. The van der Waals surface area contributed by atoms with Gasteiger partial charge in [-0.3, -0.25) is 4.79 Å². The number of carbonyl (C=O) groups is 1. The Morgan fingerprint density at radius 1 is 1.48 bits per heavy atom. The molecule has 21 heavy (non-hydrogen) atoms. The minimum Gasteiger partial charge on any atom is -0.333 e. The lowest BCUT2D eigenvalue weighted by Gasteiger charge is -2.34. The van der Waals surface area contributed by atoms with Gasteiger partial charge in [0.05, 0.1) is 0 Å². The fourth-order valence-electron chi connectivity index (χ4n) is 2.58. The average Bonchev–Trinajstić information content (AvgIpc) is 2.94. The second-order valence-corrected chi connectivity index (χ2v) is 6.28. The van der Waals surface area contributed by atoms with Crippen molar-refractivity contribution in [3.8, 4) is 10.6 Å². The van der Waals surface area contributed by atoms with Crippen molar-refractivity contribution in [2.24, 2.45) is 0 Å². The third-order valence-electron chi connectivity index (χ3n) is 3.74. The molecule has 0 radical (unpaired) electrons. The predicted molar refractivity (Wildman–Crippen MR) is 85.7 cm³/mol. The summed E-state index contributed by atoms with van der Waals surface area (Å²) in [6, 6.07) is 8.02. The van der Waals surface area contributed by atoms with Crippen LogP contribution < -0.4 is 5.32 Å². The Kier molecular flexibility index (Phi) is 4.03. The number of benzene rings is 1. The third-order valence-corrected chi connectivity index (χ3v) is 4.75.